The maximum Gasteiger partial charge on any atom is 0.124 e. The van der Waals surface area contributed by atoms with Gasteiger partial charge in [0.25, 0.3) is 0 Å². The summed E-state index contributed by atoms with van der Waals surface area (Å²) in [5.41, 5.74) is 2.49. The lowest BCUT2D eigenvalue weighted by molar-refractivity contribution is 0.254. The first-order chi connectivity index (χ1) is 8.11. The summed E-state index contributed by atoms with van der Waals surface area (Å²) < 4.78 is 14.5. The van der Waals surface area contributed by atoms with Crippen LogP contribution in [0.2, 0.25) is 0 Å². The fourth-order valence-electron chi connectivity index (χ4n) is 2.68. The van der Waals surface area contributed by atoms with Gasteiger partial charge in [0.1, 0.15) is 5.82 Å². The molecule has 1 heterocycles. The molecule has 0 aliphatic carbocycles. The third kappa shape index (κ3) is 2.89. The molecule has 1 fully saturated rings. The number of nitrogens with zero attached hydrogens (tertiary/aromatic N) is 1. The van der Waals surface area contributed by atoms with Gasteiger partial charge in [0.05, 0.1) is 0 Å². The number of halogens is 2. The molecule has 0 N–H and O–H groups in total. The van der Waals surface area contributed by atoms with E-state index in [1.54, 1.807) is 12.1 Å². The van der Waals surface area contributed by atoms with Gasteiger partial charge in [-0.3, -0.25) is 0 Å². The van der Waals surface area contributed by atoms with Crippen molar-refractivity contribution in [3.8, 4) is 0 Å². The second-order valence-electron chi connectivity index (χ2n) is 4.89. The van der Waals surface area contributed by atoms with E-state index in [-0.39, 0.29) is 5.82 Å². The molecule has 1 aliphatic heterocycles. The summed E-state index contributed by atoms with van der Waals surface area (Å²) in [5.74, 6) is 0.399. The van der Waals surface area contributed by atoms with Gasteiger partial charge in [-0.15, -0.1) is 0 Å². The number of hydrogen-bond acceptors (Lipinski definition) is 1. The lowest BCUT2D eigenvalue weighted by atomic mass is 9.86. The molecule has 0 unspecified atom stereocenters. The van der Waals surface area contributed by atoms with Crippen LogP contribution in [0.4, 0.5) is 4.39 Å². The highest BCUT2D eigenvalue weighted by Gasteiger charge is 2.22. The predicted molar refractivity (Wildman–Crippen MR) is 73.0 cm³/mol. The lowest BCUT2D eigenvalue weighted by Gasteiger charge is -2.30. The first kappa shape index (κ1) is 13.0. The molecule has 1 saturated heterocycles. The van der Waals surface area contributed by atoms with E-state index in [0.717, 1.165) is 36.8 Å². The highest BCUT2D eigenvalue weighted by atomic mass is 79.9. The van der Waals surface area contributed by atoms with Crippen LogP contribution in [0.5, 0.6) is 0 Å². The molecule has 0 spiro atoms. The van der Waals surface area contributed by atoms with E-state index in [0.29, 0.717) is 5.92 Å². The van der Waals surface area contributed by atoms with Crippen LogP contribution >= 0.6 is 15.9 Å². The van der Waals surface area contributed by atoms with Crippen LogP contribution in [0.25, 0.3) is 0 Å². The molecule has 0 aromatic heterocycles. The minimum Gasteiger partial charge on any atom is -0.306 e. The van der Waals surface area contributed by atoms with Gasteiger partial charge in [-0.05, 0) is 68.6 Å². The highest BCUT2D eigenvalue weighted by Crippen LogP contribution is 2.34. The van der Waals surface area contributed by atoms with Crippen molar-refractivity contribution in [2.45, 2.75) is 32.1 Å². The topological polar surface area (TPSA) is 3.24 Å². The SMILES string of the molecule is CCc1c(Br)cc(F)cc1C1CCN(C)CC1. The molecule has 0 bridgehead atoms. The van der Waals surface area contributed by atoms with Gasteiger partial charge < -0.3 is 4.90 Å². The average molecular weight is 300 g/mol. The molecule has 1 nitrogen and oxygen atoms in total. The fourth-order valence-corrected chi connectivity index (χ4v) is 3.41. The maximum absolute atomic E-state index is 13.5. The van der Waals surface area contributed by atoms with Crippen LogP contribution in [-0.4, -0.2) is 25.0 Å². The minimum atomic E-state index is -0.122. The largest absolute Gasteiger partial charge is 0.306 e. The number of piperidine rings is 1. The van der Waals surface area contributed by atoms with Crippen molar-refractivity contribution in [2.24, 2.45) is 0 Å². The Morgan fingerprint density at radius 1 is 1.35 bits per heavy atom. The van der Waals surface area contributed by atoms with Crippen molar-refractivity contribution < 1.29 is 4.39 Å². The molecule has 0 radical (unpaired) electrons. The van der Waals surface area contributed by atoms with Gasteiger partial charge in [-0.1, -0.05) is 22.9 Å². The van der Waals surface area contributed by atoms with Gasteiger partial charge in [-0.2, -0.15) is 0 Å². The van der Waals surface area contributed by atoms with Crippen LogP contribution in [0, 0.1) is 5.82 Å². The summed E-state index contributed by atoms with van der Waals surface area (Å²) in [6, 6.07) is 3.32. The standard InChI is InChI=1S/C14H19BrFN/c1-3-12-13(8-11(16)9-14(12)15)10-4-6-17(2)7-5-10/h8-10H,3-7H2,1-2H3. The van der Waals surface area contributed by atoms with E-state index in [4.69, 9.17) is 0 Å². The summed E-state index contributed by atoms with van der Waals surface area (Å²) in [5, 5.41) is 0. The molecule has 17 heavy (non-hydrogen) atoms. The number of benzene rings is 1. The maximum atomic E-state index is 13.5. The van der Waals surface area contributed by atoms with E-state index < -0.39 is 0 Å². The van der Waals surface area contributed by atoms with E-state index >= 15 is 0 Å². The highest BCUT2D eigenvalue weighted by molar-refractivity contribution is 9.10. The summed E-state index contributed by atoms with van der Waals surface area (Å²) in [6.07, 6.45) is 3.24. The van der Waals surface area contributed by atoms with Gasteiger partial charge in [0.2, 0.25) is 0 Å². The second-order valence-corrected chi connectivity index (χ2v) is 5.74. The van der Waals surface area contributed by atoms with Crippen LogP contribution in [-0.2, 0) is 6.42 Å². The molecule has 1 aromatic rings. The van der Waals surface area contributed by atoms with Gasteiger partial charge >= 0.3 is 0 Å². The van der Waals surface area contributed by atoms with Crippen LogP contribution < -0.4 is 0 Å². The lowest BCUT2D eigenvalue weighted by Crippen LogP contribution is -2.29. The van der Waals surface area contributed by atoms with E-state index in [1.807, 2.05) is 0 Å². The van der Waals surface area contributed by atoms with Crippen LogP contribution in [0.1, 0.15) is 36.8 Å². The van der Waals surface area contributed by atoms with E-state index in [9.17, 15) is 4.39 Å². The first-order valence-corrected chi connectivity index (χ1v) is 7.07. The third-order valence-corrected chi connectivity index (χ3v) is 4.41. The van der Waals surface area contributed by atoms with Crippen molar-refractivity contribution in [1.82, 2.24) is 4.90 Å². The third-order valence-electron chi connectivity index (χ3n) is 3.71. The number of rotatable bonds is 2. The Kier molecular flexibility index (Phi) is 4.21. The molecule has 0 saturated carbocycles. The van der Waals surface area contributed by atoms with Gasteiger partial charge in [0, 0.05) is 4.47 Å². The molecule has 0 atom stereocenters. The van der Waals surface area contributed by atoms with Crippen LogP contribution in [0.3, 0.4) is 0 Å². The Morgan fingerprint density at radius 3 is 2.59 bits per heavy atom. The number of likely N-dealkylation sites (tertiary alicyclic amines) is 1. The second kappa shape index (κ2) is 5.49. The zero-order valence-electron chi connectivity index (χ0n) is 10.5. The number of hydrogen-bond donors (Lipinski definition) is 0. The van der Waals surface area contributed by atoms with Crippen molar-refractivity contribution in [1.29, 1.82) is 0 Å². The summed E-state index contributed by atoms with van der Waals surface area (Å²) in [7, 11) is 2.15. The van der Waals surface area contributed by atoms with E-state index in [1.165, 1.54) is 11.1 Å². The quantitative estimate of drug-likeness (QED) is 0.799. The Hall–Kier alpha value is -0.410. The first-order valence-electron chi connectivity index (χ1n) is 6.28. The molecule has 2 rings (SSSR count). The van der Waals surface area contributed by atoms with Crippen molar-refractivity contribution in [2.75, 3.05) is 20.1 Å². The molecule has 1 aromatic carbocycles. The van der Waals surface area contributed by atoms with Crippen molar-refractivity contribution in [3.05, 3.63) is 33.5 Å². The zero-order valence-corrected chi connectivity index (χ0v) is 12.1. The Morgan fingerprint density at radius 2 is 2.00 bits per heavy atom. The van der Waals surface area contributed by atoms with Gasteiger partial charge in [-0.25, -0.2) is 4.39 Å². The summed E-state index contributed by atoms with van der Waals surface area (Å²) in [6.45, 7) is 4.36. The minimum absolute atomic E-state index is 0.122. The molecule has 0 amide bonds. The Balaban J connectivity index is 2.30. The predicted octanol–water partition coefficient (Wildman–Crippen LogP) is 3.96. The molecular weight excluding hydrogens is 281 g/mol. The van der Waals surface area contributed by atoms with Crippen molar-refractivity contribution in [3.63, 3.8) is 0 Å². The molecule has 1 aliphatic rings. The van der Waals surface area contributed by atoms with E-state index in [2.05, 4.69) is 34.8 Å². The Labute approximate surface area is 111 Å². The molecule has 3 heteroatoms. The molecule has 94 valence electrons. The Bertz CT molecular complexity index is 397. The van der Waals surface area contributed by atoms with Gasteiger partial charge in [0.15, 0.2) is 0 Å². The summed E-state index contributed by atoms with van der Waals surface area (Å²) in [4.78, 5) is 2.34. The monoisotopic (exact) mass is 299 g/mol. The molecular formula is C14H19BrFN. The fraction of sp³-hybridized carbons (Fsp3) is 0.571. The van der Waals surface area contributed by atoms with Crippen LogP contribution in [0.15, 0.2) is 16.6 Å². The zero-order chi connectivity index (χ0) is 12.4. The smallest absolute Gasteiger partial charge is 0.124 e. The summed E-state index contributed by atoms with van der Waals surface area (Å²) >= 11 is 3.49. The normalized spacial score (nSPS) is 18.6. The van der Waals surface area contributed by atoms with Crippen molar-refractivity contribution >= 4 is 15.9 Å². The average Bonchev–Trinajstić information content (AvgIpc) is 2.29.